The van der Waals surface area contributed by atoms with Gasteiger partial charge in [-0.15, -0.1) is 0 Å². The number of fused-ring (bicyclic) bond motifs is 1. The lowest BCUT2D eigenvalue weighted by molar-refractivity contribution is 0.303. The first-order valence-electron chi connectivity index (χ1n) is 9.49. The number of nitrogens with one attached hydrogen (secondary N) is 1. The van der Waals surface area contributed by atoms with Crippen LogP contribution in [0.2, 0.25) is 0 Å². The predicted octanol–water partition coefficient (Wildman–Crippen LogP) is 3.36. The minimum atomic E-state index is -0.386. The van der Waals surface area contributed by atoms with Crippen molar-refractivity contribution in [1.29, 1.82) is 0 Å². The Labute approximate surface area is 158 Å². The zero-order chi connectivity index (χ0) is 19.0. The highest BCUT2D eigenvalue weighted by molar-refractivity contribution is 5.89. The topological polar surface area (TPSA) is 83.7 Å². The van der Waals surface area contributed by atoms with Crippen LogP contribution >= 0.6 is 0 Å². The molecule has 3 N–H and O–H groups in total. The lowest BCUT2D eigenvalue weighted by atomic mass is 9.86. The summed E-state index contributed by atoms with van der Waals surface area (Å²) in [7, 11) is 0. The Morgan fingerprint density at radius 3 is 2.96 bits per heavy atom. The molecule has 0 saturated carbocycles. The molecule has 0 amide bonds. The highest BCUT2D eigenvalue weighted by Gasteiger charge is 2.28. The Bertz CT molecular complexity index is 937. The van der Waals surface area contributed by atoms with E-state index in [4.69, 9.17) is 5.73 Å². The fourth-order valence-electron chi connectivity index (χ4n) is 3.92. The largest absolute Gasteiger partial charge is 0.356 e. The van der Waals surface area contributed by atoms with Crippen LogP contribution in [0.1, 0.15) is 26.7 Å². The second-order valence-corrected chi connectivity index (χ2v) is 7.76. The SMILES string of the molecule is CC(C)C[C@H]1CN(c2ccc(F)c(-c3n[nH]c4ncccc34)n2)CC[C@H]1N. The van der Waals surface area contributed by atoms with E-state index in [-0.39, 0.29) is 17.6 Å². The van der Waals surface area contributed by atoms with Gasteiger partial charge in [0.2, 0.25) is 0 Å². The van der Waals surface area contributed by atoms with Crippen molar-refractivity contribution in [2.45, 2.75) is 32.7 Å². The third kappa shape index (κ3) is 3.51. The standard InChI is InChI=1S/C20H25FN6/c1-12(2)10-13-11-27(9-7-16(13)22)17-6-5-15(21)19(24-17)18-14-4-3-8-23-20(14)26-25-18/h3-6,8,12-13,16H,7,9-11,22H2,1-2H3,(H,23,25,26)/t13-,16+/m0/s1. The summed E-state index contributed by atoms with van der Waals surface area (Å²) in [4.78, 5) is 11.1. The first-order chi connectivity index (χ1) is 13.0. The van der Waals surface area contributed by atoms with Crippen LogP contribution < -0.4 is 10.6 Å². The smallest absolute Gasteiger partial charge is 0.155 e. The fraction of sp³-hybridized carbons (Fsp3) is 0.450. The van der Waals surface area contributed by atoms with Gasteiger partial charge >= 0.3 is 0 Å². The summed E-state index contributed by atoms with van der Waals surface area (Å²) in [5.74, 6) is 1.40. The number of anilines is 1. The van der Waals surface area contributed by atoms with Gasteiger partial charge in [-0.3, -0.25) is 5.10 Å². The Morgan fingerprint density at radius 2 is 2.15 bits per heavy atom. The molecular formula is C20H25FN6. The average Bonchev–Trinajstić information content (AvgIpc) is 3.08. The van der Waals surface area contributed by atoms with Gasteiger partial charge in [0.15, 0.2) is 11.5 Å². The van der Waals surface area contributed by atoms with Crippen molar-refractivity contribution in [2.24, 2.45) is 17.6 Å². The average molecular weight is 368 g/mol. The molecule has 0 bridgehead atoms. The molecule has 6 nitrogen and oxygen atoms in total. The van der Waals surface area contributed by atoms with Gasteiger partial charge in [-0.25, -0.2) is 14.4 Å². The number of H-pyrrole nitrogens is 1. The molecule has 27 heavy (non-hydrogen) atoms. The summed E-state index contributed by atoms with van der Waals surface area (Å²) in [6, 6.07) is 7.11. The molecule has 142 valence electrons. The fourth-order valence-corrected chi connectivity index (χ4v) is 3.92. The first kappa shape index (κ1) is 17.9. The van der Waals surface area contributed by atoms with Crippen molar-refractivity contribution >= 4 is 16.9 Å². The quantitative estimate of drug-likeness (QED) is 0.738. The predicted molar refractivity (Wildman–Crippen MR) is 105 cm³/mol. The number of halogens is 1. The molecule has 3 aromatic heterocycles. The Morgan fingerprint density at radius 1 is 1.30 bits per heavy atom. The molecule has 0 aromatic carbocycles. The number of nitrogens with zero attached hydrogens (tertiary/aromatic N) is 4. The van der Waals surface area contributed by atoms with Crippen molar-refractivity contribution in [1.82, 2.24) is 20.2 Å². The van der Waals surface area contributed by atoms with Crippen molar-refractivity contribution in [2.75, 3.05) is 18.0 Å². The third-order valence-corrected chi connectivity index (χ3v) is 5.28. The molecule has 4 heterocycles. The maximum atomic E-state index is 14.6. The van der Waals surface area contributed by atoms with E-state index >= 15 is 0 Å². The maximum Gasteiger partial charge on any atom is 0.155 e. The van der Waals surface area contributed by atoms with Crippen LogP contribution in [0, 0.1) is 17.7 Å². The van der Waals surface area contributed by atoms with Gasteiger partial charge in [0.25, 0.3) is 0 Å². The van der Waals surface area contributed by atoms with Gasteiger partial charge in [0.05, 0.1) is 0 Å². The Balaban J connectivity index is 1.66. The number of hydrogen-bond donors (Lipinski definition) is 2. The molecule has 0 aliphatic carbocycles. The van der Waals surface area contributed by atoms with E-state index in [2.05, 4.69) is 38.9 Å². The molecule has 2 atom stereocenters. The van der Waals surface area contributed by atoms with Crippen LogP contribution in [0.25, 0.3) is 22.4 Å². The highest BCUT2D eigenvalue weighted by atomic mass is 19.1. The maximum absolute atomic E-state index is 14.6. The number of aromatic amines is 1. The monoisotopic (exact) mass is 368 g/mol. The van der Waals surface area contributed by atoms with Gasteiger partial charge in [-0.2, -0.15) is 5.10 Å². The molecule has 0 spiro atoms. The van der Waals surface area contributed by atoms with E-state index in [0.29, 0.717) is 23.2 Å². The zero-order valence-corrected chi connectivity index (χ0v) is 15.7. The summed E-state index contributed by atoms with van der Waals surface area (Å²) in [5, 5.41) is 7.86. The normalized spacial score (nSPS) is 20.6. The van der Waals surface area contributed by atoms with Crippen LogP contribution in [-0.2, 0) is 0 Å². The van der Waals surface area contributed by atoms with Crippen LogP contribution in [0.5, 0.6) is 0 Å². The number of rotatable bonds is 4. The summed E-state index contributed by atoms with van der Waals surface area (Å²) in [5.41, 5.74) is 7.70. The Kier molecular flexibility index (Phi) is 4.78. The van der Waals surface area contributed by atoms with Gasteiger partial charge in [-0.05, 0) is 48.9 Å². The molecule has 1 aliphatic rings. The summed E-state index contributed by atoms with van der Waals surface area (Å²) >= 11 is 0. The van der Waals surface area contributed by atoms with Crippen LogP contribution in [0.3, 0.4) is 0 Å². The number of piperidine rings is 1. The molecule has 4 rings (SSSR count). The van der Waals surface area contributed by atoms with Crippen LogP contribution in [0.15, 0.2) is 30.5 Å². The summed E-state index contributed by atoms with van der Waals surface area (Å²) < 4.78 is 14.6. The molecule has 1 fully saturated rings. The van der Waals surface area contributed by atoms with E-state index in [0.717, 1.165) is 37.1 Å². The van der Waals surface area contributed by atoms with Crippen molar-refractivity contribution in [3.63, 3.8) is 0 Å². The molecule has 0 radical (unpaired) electrons. The van der Waals surface area contributed by atoms with E-state index in [1.165, 1.54) is 6.07 Å². The lowest BCUT2D eigenvalue weighted by Gasteiger charge is -2.38. The van der Waals surface area contributed by atoms with E-state index < -0.39 is 0 Å². The minimum absolute atomic E-state index is 0.213. The molecule has 0 unspecified atom stereocenters. The molecule has 1 saturated heterocycles. The molecular weight excluding hydrogens is 343 g/mol. The second kappa shape index (κ2) is 7.23. The van der Waals surface area contributed by atoms with Crippen LogP contribution in [0.4, 0.5) is 10.2 Å². The van der Waals surface area contributed by atoms with Gasteiger partial charge in [-0.1, -0.05) is 13.8 Å². The number of hydrogen-bond acceptors (Lipinski definition) is 5. The van der Waals surface area contributed by atoms with Gasteiger partial charge in [0.1, 0.15) is 17.2 Å². The van der Waals surface area contributed by atoms with Crippen molar-refractivity contribution in [3.05, 3.63) is 36.3 Å². The zero-order valence-electron chi connectivity index (χ0n) is 15.7. The lowest BCUT2D eigenvalue weighted by Crippen LogP contribution is -2.47. The van der Waals surface area contributed by atoms with E-state index in [9.17, 15) is 4.39 Å². The van der Waals surface area contributed by atoms with Crippen molar-refractivity contribution < 1.29 is 4.39 Å². The molecule has 3 aromatic rings. The summed E-state index contributed by atoms with van der Waals surface area (Å²) in [6.45, 7) is 6.12. The van der Waals surface area contributed by atoms with E-state index in [1.54, 1.807) is 12.3 Å². The third-order valence-electron chi connectivity index (χ3n) is 5.28. The second-order valence-electron chi connectivity index (χ2n) is 7.76. The van der Waals surface area contributed by atoms with Crippen molar-refractivity contribution in [3.8, 4) is 11.4 Å². The highest BCUT2D eigenvalue weighted by Crippen LogP contribution is 2.30. The first-order valence-corrected chi connectivity index (χ1v) is 9.49. The summed E-state index contributed by atoms with van der Waals surface area (Å²) in [6.07, 6.45) is 3.68. The number of nitrogens with two attached hydrogens (primary N) is 1. The number of aromatic nitrogens is 4. The van der Waals surface area contributed by atoms with E-state index in [1.807, 2.05) is 12.1 Å². The van der Waals surface area contributed by atoms with Gasteiger partial charge < -0.3 is 10.6 Å². The minimum Gasteiger partial charge on any atom is -0.356 e. The Hall–Kier alpha value is -2.54. The molecule has 7 heteroatoms. The van der Waals surface area contributed by atoms with Gasteiger partial charge in [0, 0.05) is 30.7 Å². The molecule has 1 aliphatic heterocycles. The number of pyridine rings is 2. The van der Waals surface area contributed by atoms with Crippen LogP contribution in [-0.4, -0.2) is 39.3 Å².